The minimum atomic E-state index is -0.220. The summed E-state index contributed by atoms with van der Waals surface area (Å²) in [6.45, 7) is 4.53. The first-order valence-electron chi connectivity index (χ1n) is 13.3. The predicted molar refractivity (Wildman–Crippen MR) is 135 cm³/mol. The molecule has 1 aromatic carbocycles. The number of benzene rings is 1. The third-order valence-corrected chi connectivity index (χ3v) is 8.31. The first-order valence-corrected chi connectivity index (χ1v) is 13.3. The van der Waals surface area contributed by atoms with Gasteiger partial charge in [-0.15, -0.1) is 0 Å². The van der Waals surface area contributed by atoms with Gasteiger partial charge in [-0.1, -0.05) is 38.7 Å². The zero-order chi connectivity index (χ0) is 23.7. The Kier molecular flexibility index (Phi) is 6.80. The van der Waals surface area contributed by atoms with E-state index in [1.54, 1.807) is 5.57 Å². The minimum Gasteiger partial charge on any atom is -0.353 e. The molecule has 1 amide bonds. The maximum atomic E-state index is 13.4. The summed E-state index contributed by atoms with van der Waals surface area (Å²) in [4.78, 5) is 12.8. The van der Waals surface area contributed by atoms with Gasteiger partial charge in [-0.2, -0.15) is 0 Å². The summed E-state index contributed by atoms with van der Waals surface area (Å²) >= 11 is 0. The number of hydrogen-bond donors (Lipinski definition) is 2. The van der Waals surface area contributed by atoms with E-state index in [2.05, 4.69) is 41.9 Å². The van der Waals surface area contributed by atoms with Crippen LogP contribution in [-0.2, 0) is 4.79 Å². The van der Waals surface area contributed by atoms with Crippen molar-refractivity contribution in [3.8, 4) is 0 Å². The lowest BCUT2D eigenvalue weighted by atomic mass is 9.78. The van der Waals surface area contributed by atoms with Crippen LogP contribution in [0.2, 0.25) is 0 Å². The number of fused-ring (bicyclic) bond motifs is 1. The zero-order valence-corrected chi connectivity index (χ0v) is 20.6. The molecule has 0 bridgehead atoms. The number of rotatable bonds is 8. The second-order valence-corrected chi connectivity index (χ2v) is 10.7. The molecule has 1 saturated carbocycles. The molecule has 0 spiro atoms. The van der Waals surface area contributed by atoms with Gasteiger partial charge in [-0.25, -0.2) is 4.39 Å². The van der Waals surface area contributed by atoms with Crippen LogP contribution < -0.4 is 15.8 Å². The van der Waals surface area contributed by atoms with Gasteiger partial charge < -0.3 is 10.7 Å². The molecule has 4 nitrogen and oxygen atoms in total. The van der Waals surface area contributed by atoms with Crippen molar-refractivity contribution < 1.29 is 9.18 Å². The van der Waals surface area contributed by atoms with Crippen LogP contribution in [0, 0.1) is 23.6 Å². The molecular formula is C29H38FN3O. The number of halogens is 1. The molecule has 0 aromatic heterocycles. The highest BCUT2D eigenvalue weighted by Crippen LogP contribution is 2.49. The Morgan fingerprint density at radius 2 is 1.97 bits per heavy atom. The Hall–Kier alpha value is -2.56. The van der Waals surface area contributed by atoms with Crippen LogP contribution in [0.3, 0.4) is 0 Å². The summed E-state index contributed by atoms with van der Waals surface area (Å²) in [5.41, 5.74) is 9.81. The largest absolute Gasteiger partial charge is 0.353 e. The van der Waals surface area contributed by atoms with E-state index in [9.17, 15) is 9.18 Å². The van der Waals surface area contributed by atoms with Crippen molar-refractivity contribution in [2.24, 2.45) is 17.8 Å². The molecule has 1 heterocycles. The lowest BCUT2D eigenvalue weighted by Gasteiger charge is -2.31. The fourth-order valence-electron chi connectivity index (χ4n) is 6.67. The van der Waals surface area contributed by atoms with Crippen molar-refractivity contribution in [1.82, 2.24) is 10.7 Å². The first-order chi connectivity index (χ1) is 16.5. The number of carbonyl (C=O) groups is 1. The smallest absolute Gasteiger partial charge is 0.220 e. The second kappa shape index (κ2) is 9.97. The Balaban J connectivity index is 1.30. The highest BCUT2D eigenvalue weighted by Gasteiger charge is 2.38. The number of nitrogens with one attached hydrogen (secondary N) is 2. The van der Waals surface area contributed by atoms with E-state index in [0.29, 0.717) is 24.2 Å². The molecule has 1 unspecified atom stereocenters. The number of hydrazine groups is 1. The molecule has 3 atom stereocenters. The molecule has 0 radical (unpaired) electrons. The van der Waals surface area contributed by atoms with Crippen molar-refractivity contribution in [3.63, 3.8) is 0 Å². The summed E-state index contributed by atoms with van der Waals surface area (Å²) in [6.07, 6.45) is 15.6. The summed E-state index contributed by atoms with van der Waals surface area (Å²) in [6, 6.07) is 6.91. The van der Waals surface area contributed by atoms with Crippen LogP contribution in [-0.4, -0.2) is 11.9 Å². The highest BCUT2D eigenvalue weighted by molar-refractivity contribution is 5.76. The Morgan fingerprint density at radius 1 is 1.21 bits per heavy atom. The molecule has 2 N–H and O–H groups in total. The minimum absolute atomic E-state index is 0.220. The van der Waals surface area contributed by atoms with Gasteiger partial charge in [0, 0.05) is 30.2 Å². The molecule has 1 aromatic rings. The lowest BCUT2D eigenvalue weighted by Crippen LogP contribution is -2.37. The van der Waals surface area contributed by atoms with E-state index >= 15 is 0 Å². The summed E-state index contributed by atoms with van der Waals surface area (Å²) in [7, 11) is 0. The number of anilines is 1. The van der Waals surface area contributed by atoms with E-state index in [1.807, 2.05) is 12.1 Å². The van der Waals surface area contributed by atoms with Crippen LogP contribution in [0.25, 0.3) is 0 Å². The number of nitrogens with zero attached hydrogens (tertiary/aromatic N) is 1. The molecule has 3 aliphatic carbocycles. The van der Waals surface area contributed by atoms with Crippen LogP contribution >= 0.6 is 0 Å². The maximum Gasteiger partial charge on any atom is 0.220 e. The Bertz CT molecular complexity index is 1000. The van der Waals surface area contributed by atoms with Gasteiger partial charge in [0.15, 0.2) is 0 Å². The topological polar surface area (TPSA) is 44.4 Å². The van der Waals surface area contributed by atoms with Crippen molar-refractivity contribution in [2.45, 2.75) is 84.1 Å². The van der Waals surface area contributed by atoms with Crippen LogP contribution in [0.15, 0.2) is 59.0 Å². The third-order valence-electron chi connectivity index (χ3n) is 8.31. The molecule has 5 heteroatoms. The van der Waals surface area contributed by atoms with E-state index < -0.39 is 0 Å². The van der Waals surface area contributed by atoms with Gasteiger partial charge in [0.1, 0.15) is 5.82 Å². The Morgan fingerprint density at radius 3 is 2.71 bits per heavy atom. The highest BCUT2D eigenvalue weighted by atomic mass is 19.1. The fraction of sp³-hybridized carbons (Fsp3) is 0.552. The summed E-state index contributed by atoms with van der Waals surface area (Å²) in [5.74, 6) is 1.50. The van der Waals surface area contributed by atoms with Crippen LogP contribution in [0.5, 0.6) is 0 Å². The molecular weight excluding hydrogens is 425 g/mol. The first kappa shape index (κ1) is 23.2. The van der Waals surface area contributed by atoms with Gasteiger partial charge in [0.05, 0.1) is 11.4 Å². The van der Waals surface area contributed by atoms with Gasteiger partial charge in [0.25, 0.3) is 0 Å². The summed E-state index contributed by atoms with van der Waals surface area (Å²) in [5, 5.41) is 5.48. The van der Waals surface area contributed by atoms with Crippen molar-refractivity contribution >= 4 is 11.6 Å². The second-order valence-electron chi connectivity index (χ2n) is 10.7. The quantitative estimate of drug-likeness (QED) is 0.461. The number of allylic oxidation sites excluding steroid dienone is 4. The SMILES string of the molecule is CCCC(C[C@H]1CCC2=C1[C@@H](C)C1=CNN(c3ccc(F)cc3)C1=C2)NC(=O)CC1CCCC1. The predicted octanol–water partition coefficient (Wildman–Crippen LogP) is 6.53. The molecule has 5 rings (SSSR count). The van der Waals surface area contributed by atoms with Gasteiger partial charge in [0.2, 0.25) is 5.91 Å². The molecule has 1 aliphatic heterocycles. The van der Waals surface area contributed by atoms with Crippen molar-refractivity contribution in [2.75, 3.05) is 5.01 Å². The molecule has 1 fully saturated rings. The van der Waals surface area contributed by atoms with Gasteiger partial charge in [-0.3, -0.25) is 9.80 Å². The maximum absolute atomic E-state index is 13.4. The van der Waals surface area contributed by atoms with Crippen LogP contribution in [0.1, 0.15) is 78.1 Å². The molecule has 34 heavy (non-hydrogen) atoms. The van der Waals surface area contributed by atoms with E-state index in [-0.39, 0.29) is 17.8 Å². The van der Waals surface area contributed by atoms with Crippen molar-refractivity contribution in [3.05, 3.63) is 64.8 Å². The Labute approximate surface area is 203 Å². The average Bonchev–Trinajstić information content (AvgIpc) is 3.56. The normalized spacial score (nSPS) is 25.0. The average molecular weight is 464 g/mol. The van der Waals surface area contributed by atoms with E-state index in [1.165, 1.54) is 54.7 Å². The molecule has 182 valence electrons. The monoisotopic (exact) mass is 463 g/mol. The molecule has 4 aliphatic rings. The zero-order valence-electron chi connectivity index (χ0n) is 20.6. The number of amides is 1. The van der Waals surface area contributed by atoms with Gasteiger partial charge in [-0.05, 0) is 86.3 Å². The molecule has 0 saturated heterocycles. The lowest BCUT2D eigenvalue weighted by molar-refractivity contribution is -0.122. The van der Waals surface area contributed by atoms with E-state index in [0.717, 1.165) is 37.8 Å². The standard InChI is InChI=1S/C29H38FN3O/c1-3-6-24(32-28(34)15-20-7-4-5-8-20)16-21-9-10-22-17-27-26(19(2)29(21)22)18-31-33(27)25-13-11-23(30)12-14-25/h11-14,17-21,24,31H,3-10,15-16H2,1-2H3,(H,32,34)/t19-,21+,24?/m0/s1. The van der Waals surface area contributed by atoms with Crippen LogP contribution in [0.4, 0.5) is 10.1 Å². The number of hydrogen-bond acceptors (Lipinski definition) is 3. The van der Waals surface area contributed by atoms with Crippen molar-refractivity contribution in [1.29, 1.82) is 0 Å². The van der Waals surface area contributed by atoms with Gasteiger partial charge >= 0.3 is 0 Å². The summed E-state index contributed by atoms with van der Waals surface area (Å²) < 4.78 is 13.4. The third kappa shape index (κ3) is 4.67. The van der Waals surface area contributed by atoms with E-state index in [4.69, 9.17) is 0 Å². The number of carbonyl (C=O) groups excluding carboxylic acids is 1. The fourth-order valence-corrected chi connectivity index (χ4v) is 6.67.